The van der Waals surface area contributed by atoms with Crippen molar-refractivity contribution in [2.75, 3.05) is 18.2 Å². The quantitative estimate of drug-likeness (QED) is 0.129. The van der Waals surface area contributed by atoms with E-state index in [1.54, 1.807) is 18.9 Å². The molecule has 0 unspecified atom stereocenters. The number of ether oxygens (including phenoxy) is 3. The SMILES string of the molecule is COc1ccccc1SC[C@@H]1C[C@H](c2ccc(CO)cc2)O[C@H](c2ccc(NC(=O)CCCCCCC(=O)O)cc2)O1. The van der Waals surface area contributed by atoms with Gasteiger partial charge in [-0.15, -0.1) is 11.8 Å². The van der Waals surface area contributed by atoms with Gasteiger partial charge < -0.3 is 29.7 Å². The number of aliphatic hydroxyl groups excluding tert-OH is 1. The Labute approximate surface area is 251 Å². The van der Waals surface area contributed by atoms with E-state index in [9.17, 15) is 14.7 Å². The van der Waals surface area contributed by atoms with Crippen LogP contribution < -0.4 is 10.1 Å². The van der Waals surface area contributed by atoms with Gasteiger partial charge in [0.1, 0.15) is 5.75 Å². The van der Waals surface area contributed by atoms with Crippen LogP contribution in [0.15, 0.2) is 77.7 Å². The number of para-hydroxylation sites is 1. The lowest BCUT2D eigenvalue weighted by Crippen LogP contribution is -2.31. The summed E-state index contributed by atoms with van der Waals surface area (Å²) in [6, 6.07) is 23.3. The van der Waals surface area contributed by atoms with E-state index in [-0.39, 0.29) is 31.1 Å². The molecule has 1 aliphatic heterocycles. The third-order valence-corrected chi connectivity index (χ3v) is 8.31. The van der Waals surface area contributed by atoms with Gasteiger partial charge in [0.25, 0.3) is 0 Å². The van der Waals surface area contributed by atoms with Crippen molar-refractivity contribution in [3.63, 3.8) is 0 Å². The molecule has 1 heterocycles. The van der Waals surface area contributed by atoms with Gasteiger partial charge in [0.2, 0.25) is 5.91 Å². The second-order valence-corrected chi connectivity index (χ2v) is 11.4. The Balaban J connectivity index is 1.38. The van der Waals surface area contributed by atoms with E-state index in [1.807, 2.05) is 72.8 Å². The molecule has 4 rings (SSSR count). The van der Waals surface area contributed by atoms with Crippen molar-refractivity contribution in [3.8, 4) is 5.75 Å². The topological polar surface area (TPSA) is 114 Å². The molecule has 0 aromatic heterocycles. The van der Waals surface area contributed by atoms with Gasteiger partial charge in [0, 0.05) is 41.2 Å². The van der Waals surface area contributed by atoms with Gasteiger partial charge in [-0.2, -0.15) is 0 Å². The predicted octanol–water partition coefficient (Wildman–Crippen LogP) is 6.89. The van der Waals surface area contributed by atoms with Crippen molar-refractivity contribution in [1.82, 2.24) is 0 Å². The zero-order valence-corrected chi connectivity index (χ0v) is 24.7. The fraction of sp³-hybridized carbons (Fsp3) is 0.394. The Kier molecular flexibility index (Phi) is 12.3. The third-order valence-electron chi connectivity index (χ3n) is 7.12. The number of carbonyl (C=O) groups is 2. The number of aliphatic hydroxyl groups is 1. The van der Waals surface area contributed by atoms with Gasteiger partial charge in [-0.05, 0) is 48.2 Å². The molecule has 3 aromatic carbocycles. The van der Waals surface area contributed by atoms with E-state index in [0.717, 1.165) is 52.4 Å². The molecule has 0 radical (unpaired) electrons. The average Bonchev–Trinajstić information content (AvgIpc) is 3.02. The molecule has 0 saturated carbocycles. The highest BCUT2D eigenvalue weighted by atomic mass is 32.2. The summed E-state index contributed by atoms with van der Waals surface area (Å²) < 4.78 is 18.4. The van der Waals surface area contributed by atoms with Gasteiger partial charge in [-0.1, -0.05) is 61.4 Å². The first kappa shape index (κ1) is 31.6. The van der Waals surface area contributed by atoms with Crippen LogP contribution in [0.25, 0.3) is 0 Å². The second-order valence-electron chi connectivity index (χ2n) is 10.3. The number of anilines is 1. The highest BCUT2D eigenvalue weighted by Gasteiger charge is 2.32. The van der Waals surface area contributed by atoms with Crippen molar-refractivity contribution < 1.29 is 34.0 Å². The lowest BCUT2D eigenvalue weighted by molar-refractivity contribution is -0.245. The highest BCUT2D eigenvalue weighted by Crippen LogP contribution is 2.40. The van der Waals surface area contributed by atoms with Gasteiger partial charge in [-0.25, -0.2) is 0 Å². The van der Waals surface area contributed by atoms with Crippen molar-refractivity contribution >= 4 is 29.3 Å². The van der Waals surface area contributed by atoms with E-state index in [0.29, 0.717) is 24.9 Å². The lowest BCUT2D eigenvalue weighted by atomic mass is 10.0. The number of carboxylic acid groups (broad SMARTS) is 1. The van der Waals surface area contributed by atoms with E-state index >= 15 is 0 Å². The average molecular weight is 594 g/mol. The summed E-state index contributed by atoms with van der Waals surface area (Å²) in [5.74, 6) is 0.703. The molecule has 1 fully saturated rings. The van der Waals surface area contributed by atoms with Crippen LogP contribution in [0.1, 0.15) is 74.0 Å². The maximum Gasteiger partial charge on any atom is 0.303 e. The summed E-state index contributed by atoms with van der Waals surface area (Å²) in [7, 11) is 1.67. The van der Waals surface area contributed by atoms with Crippen molar-refractivity contribution in [3.05, 3.63) is 89.5 Å². The highest BCUT2D eigenvalue weighted by molar-refractivity contribution is 7.99. The van der Waals surface area contributed by atoms with Crippen LogP contribution in [0.2, 0.25) is 0 Å². The minimum atomic E-state index is -0.783. The standard InChI is InChI=1S/C33H39NO7S/c1-39-28-8-6-7-9-30(28)42-22-27-20-29(24-14-12-23(21-35)13-15-24)41-33(40-27)25-16-18-26(19-17-25)34-31(36)10-4-2-3-5-11-32(37)38/h6-9,12-19,27,29,33,35H,2-5,10-11,20-22H2,1H3,(H,34,36)(H,37,38)/t27-,29+,33+/m0/s1. The monoisotopic (exact) mass is 593 g/mol. The summed E-state index contributed by atoms with van der Waals surface area (Å²) in [6.45, 7) is -0.00854. The minimum absolute atomic E-state index is 0.00854. The lowest BCUT2D eigenvalue weighted by Gasteiger charge is -2.36. The van der Waals surface area contributed by atoms with Crippen LogP contribution in [-0.2, 0) is 25.7 Å². The van der Waals surface area contributed by atoms with Gasteiger partial charge >= 0.3 is 5.97 Å². The summed E-state index contributed by atoms with van der Waals surface area (Å²) in [5, 5.41) is 21.1. The molecule has 3 atom stereocenters. The van der Waals surface area contributed by atoms with Crippen molar-refractivity contribution in [1.29, 1.82) is 0 Å². The first-order valence-corrected chi connectivity index (χ1v) is 15.3. The van der Waals surface area contributed by atoms with Crippen LogP contribution in [-0.4, -0.2) is 41.1 Å². The largest absolute Gasteiger partial charge is 0.496 e. The number of methoxy groups -OCH3 is 1. The minimum Gasteiger partial charge on any atom is -0.496 e. The fourth-order valence-electron chi connectivity index (χ4n) is 4.81. The Morgan fingerprint density at radius 1 is 0.905 bits per heavy atom. The Bertz CT molecular complexity index is 1280. The number of nitrogens with one attached hydrogen (secondary N) is 1. The molecule has 1 aliphatic rings. The Morgan fingerprint density at radius 3 is 2.29 bits per heavy atom. The molecule has 0 spiro atoms. The van der Waals surface area contributed by atoms with Crippen LogP contribution in [0, 0.1) is 0 Å². The number of amides is 1. The number of hydrogen-bond acceptors (Lipinski definition) is 7. The molecule has 224 valence electrons. The smallest absolute Gasteiger partial charge is 0.303 e. The number of rotatable bonds is 15. The molecule has 0 bridgehead atoms. The van der Waals surface area contributed by atoms with Crippen LogP contribution >= 0.6 is 11.8 Å². The molecule has 9 heteroatoms. The first-order valence-electron chi connectivity index (χ1n) is 14.3. The fourth-order valence-corrected chi connectivity index (χ4v) is 5.85. The van der Waals surface area contributed by atoms with E-state index in [1.165, 1.54) is 0 Å². The molecular formula is C33H39NO7S. The number of unbranched alkanes of at least 4 members (excludes halogenated alkanes) is 3. The zero-order chi connectivity index (χ0) is 29.7. The van der Waals surface area contributed by atoms with Gasteiger partial charge in [0.15, 0.2) is 6.29 Å². The number of thioether (sulfide) groups is 1. The van der Waals surface area contributed by atoms with E-state index < -0.39 is 12.3 Å². The molecule has 1 saturated heterocycles. The number of aliphatic carboxylic acids is 1. The maximum atomic E-state index is 12.4. The summed E-state index contributed by atoms with van der Waals surface area (Å²) in [4.78, 5) is 24.0. The molecule has 0 aliphatic carbocycles. The summed E-state index contributed by atoms with van der Waals surface area (Å²) >= 11 is 1.69. The molecular weight excluding hydrogens is 554 g/mol. The third kappa shape index (κ3) is 9.59. The molecule has 8 nitrogen and oxygen atoms in total. The molecule has 1 amide bonds. The Morgan fingerprint density at radius 2 is 1.60 bits per heavy atom. The summed E-state index contributed by atoms with van der Waals surface area (Å²) in [5.41, 5.74) is 3.43. The molecule has 3 N–H and O–H groups in total. The second kappa shape index (κ2) is 16.3. The van der Waals surface area contributed by atoms with Gasteiger partial charge in [-0.3, -0.25) is 9.59 Å². The van der Waals surface area contributed by atoms with Gasteiger partial charge in [0.05, 0.1) is 25.9 Å². The van der Waals surface area contributed by atoms with Crippen LogP contribution in [0.5, 0.6) is 5.75 Å². The predicted molar refractivity (Wildman–Crippen MR) is 163 cm³/mol. The van der Waals surface area contributed by atoms with Crippen molar-refractivity contribution in [2.24, 2.45) is 0 Å². The normalized spacial score (nSPS) is 18.4. The van der Waals surface area contributed by atoms with E-state index in [2.05, 4.69) is 5.32 Å². The number of benzene rings is 3. The molecule has 42 heavy (non-hydrogen) atoms. The van der Waals surface area contributed by atoms with Crippen LogP contribution in [0.3, 0.4) is 0 Å². The Hall–Kier alpha value is -3.37. The number of carboxylic acids is 1. The van der Waals surface area contributed by atoms with Crippen LogP contribution in [0.4, 0.5) is 5.69 Å². The first-order chi connectivity index (χ1) is 20.4. The number of hydrogen-bond donors (Lipinski definition) is 3. The summed E-state index contributed by atoms with van der Waals surface area (Å²) in [6.07, 6.45) is 3.39. The zero-order valence-electron chi connectivity index (χ0n) is 23.9. The number of carbonyl (C=O) groups excluding carboxylic acids is 1. The van der Waals surface area contributed by atoms with Crippen molar-refractivity contribution in [2.45, 2.75) is 74.9 Å². The van der Waals surface area contributed by atoms with E-state index in [4.69, 9.17) is 19.3 Å². The maximum absolute atomic E-state index is 12.4. The molecule has 3 aromatic rings.